The van der Waals surface area contributed by atoms with E-state index in [0.29, 0.717) is 19.3 Å². The Kier molecular flexibility index (Phi) is 51.9. The quantitative estimate of drug-likeness (QED) is 0.0262. The summed E-state index contributed by atoms with van der Waals surface area (Å²) in [5.74, 6) is -0.913. The van der Waals surface area contributed by atoms with Gasteiger partial charge >= 0.3 is 17.9 Å². The highest BCUT2D eigenvalue weighted by molar-refractivity contribution is 5.71. The van der Waals surface area contributed by atoms with Gasteiger partial charge in [0.25, 0.3) is 0 Å². The maximum absolute atomic E-state index is 12.8. The zero-order chi connectivity index (χ0) is 48.6. The van der Waals surface area contributed by atoms with E-state index in [9.17, 15) is 14.4 Å². The van der Waals surface area contributed by atoms with Gasteiger partial charge in [-0.2, -0.15) is 0 Å². The highest BCUT2D eigenvalue weighted by atomic mass is 16.6. The summed E-state index contributed by atoms with van der Waals surface area (Å²) in [6.07, 6.45) is 72.6. The molecule has 0 spiro atoms. The van der Waals surface area contributed by atoms with Crippen molar-refractivity contribution in [3.05, 3.63) is 97.2 Å². The minimum absolute atomic E-state index is 0.0850. The standard InChI is InChI=1S/C61H102O6/c1-4-7-10-13-16-19-21-23-25-26-27-28-29-30-31-32-33-34-35-36-37-39-40-42-45-48-51-54-60(63)66-57-58(56-65-59(62)53-50-47-44-18-15-12-9-6-3)67-61(64)55-52-49-46-43-41-38-24-22-20-17-14-11-8-5-2/h7,10,14,16-17,19,22-25,27-28,30-31,33-34,58H,4-6,8-9,11-13,15,18,20-21,26,29,32,35-57H2,1-3H3/b10-7-,17-14-,19-16-,24-22-,25-23-,28-27-,31-30-,34-33-. The van der Waals surface area contributed by atoms with E-state index in [4.69, 9.17) is 14.2 Å². The minimum Gasteiger partial charge on any atom is -0.462 e. The average Bonchev–Trinajstić information content (AvgIpc) is 3.33. The Hall–Kier alpha value is -3.67. The first-order chi connectivity index (χ1) is 33.0. The maximum atomic E-state index is 12.8. The van der Waals surface area contributed by atoms with Crippen LogP contribution in [0.15, 0.2) is 97.2 Å². The number of carbonyl (C=O) groups excluding carboxylic acids is 3. The van der Waals surface area contributed by atoms with Crippen LogP contribution in [0.4, 0.5) is 0 Å². The SMILES string of the molecule is CC/C=C\C/C=C\C/C=C\C/C=C\C/C=C\C/C=C\CCCCCCCCCCC(=O)OCC(COC(=O)CCCCCCCCCC)OC(=O)CCCCCCC/C=C\C/C=C\CCCC. The molecule has 0 heterocycles. The Morgan fingerprint density at radius 3 is 0.955 bits per heavy atom. The Labute approximate surface area is 413 Å². The van der Waals surface area contributed by atoms with Crippen LogP contribution in [0.1, 0.15) is 252 Å². The molecule has 6 heteroatoms. The molecule has 0 fully saturated rings. The summed E-state index contributed by atoms with van der Waals surface area (Å²) in [4.78, 5) is 37.9. The second-order valence-electron chi connectivity index (χ2n) is 18.1. The van der Waals surface area contributed by atoms with E-state index in [0.717, 1.165) is 128 Å². The van der Waals surface area contributed by atoms with Gasteiger partial charge in [0.2, 0.25) is 0 Å². The number of ether oxygens (including phenoxy) is 3. The first-order valence-electron chi connectivity index (χ1n) is 27.7. The van der Waals surface area contributed by atoms with E-state index in [2.05, 4.69) is 118 Å². The van der Waals surface area contributed by atoms with Gasteiger partial charge < -0.3 is 14.2 Å². The van der Waals surface area contributed by atoms with Crippen molar-refractivity contribution >= 4 is 17.9 Å². The zero-order valence-corrected chi connectivity index (χ0v) is 43.6. The third-order valence-electron chi connectivity index (χ3n) is 11.6. The van der Waals surface area contributed by atoms with Gasteiger partial charge in [0, 0.05) is 19.3 Å². The van der Waals surface area contributed by atoms with Gasteiger partial charge in [0.05, 0.1) is 0 Å². The monoisotopic (exact) mass is 931 g/mol. The largest absolute Gasteiger partial charge is 0.462 e. The molecule has 0 bridgehead atoms. The fourth-order valence-electron chi connectivity index (χ4n) is 7.40. The van der Waals surface area contributed by atoms with E-state index < -0.39 is 6.10 Å². The van der Waals surface area contributed by atoms with Crippen LogP contribution < -0.4 is 0 Å². The summed E-state index contributed by atoms with van der Waals surface area (Å²) < 4.78 is 16.8. The van der Waals surface area contributed by atoms with Crippen LogP contribution in [0, 0.1) is 0 Å². The van der Waals surface area contributed by atoms with Crippen molar-refractivity contribution < 1.29 is 28.6 Å². The van der Waals surface area contributed by atoms with Crippen LogP contribution in [-0.2, 0) is 28.6 Å². The highest BCUT2D eigenvalue weighted by Gasteiger charge is 2.19. The van der Waals surface area contributed by atoms with Crippen LogP contribution in [0.3, 0.4) is 0 Å². The van der Waals surface area contributed by atoms with E-state index >= 15 is 0 Å². The van der Waals surface area contributed by atoms with Crippen molar-refractivity contribution in [2.75, 3.05) is 13.2 Å². The maximum Gasteiger partial charge on any atom is 0.306 e. The molecule has 0 saturated heterocycles. The lowest BCUT2D eigenvalue weighted by molar-refractivity contribution is -0.167. The van der Waals surface area contributed by atoms with Gasteiger partial charge in [-0.15, -0.1) is 0 Å². The lowest BCUT2D eigenvalue weighted by Gasteiger charge is -2.18. The number of allylic oxidation sites excluding steroid dienone is 16. The Bertz CT molecular complexity index is 1350. The van der Waals surface area contributed by atoms with Crippen LogP contribution in [0.25, 0.3) is 0 Å². The molecule has 0 aromatic rings. The summed E-state index contributed by atoms with van der Waals surface area (Å²) in [6, 6.07) is 0. The number of hydrogen-bond acceptors (Lipinski definition) is 6. The molecule has 0 amide bonds. The normalized spacial score (nSPS) is 12.8. The van der Waals surface area contributed by atoms with Gasteiger partial charge in [0.15, 0.2) is 6.10 Å². The average molecular weight is 931 g/mol. The molecule has 67 heavy (non-hydrogen) atoms. The van der Waals surface area contributed by atoms with Crippen LogP contribution in [0.5, 0.6) is 0 Å². The molecule has 0 N–H and O–H groups in total. The summed E-state index contributed by atoms with van der Waals surface area (Å²) in [6.45, 7) is 6.43. The van der Waals surface area contributed by atoms with Crippen LogP contribution in [-0.4, -0.2) is 37.2 Å². The number of carbonyl (C=O) groups is 3. The van der Waals surface area contributed by atoms with Gasteiger partial charge in [-0.3, -0.25) is 14.4 Å². The molecule has 0 radical (unpaired) electrons. The topological polar surface area (TPSA) is 78.9 Å². The Morgan fingerprint density at radius 2 is 0.597 bits per heavy atom. The lowest BCUT2D eigenvalue weighted by Crippen LogP contribution is -2.30. The first-order valence-corrected chi connectivity index (χ1v) is 27.7. The zero-order valence-electron chi connectivity index (χ0n) is 43.6. The number of rotatable bonds is 49. The van der Waals surface area contributed by atoms with Crippen LogP contribution in [0.2, 0.25) is 0 Å². The molecule has 0 aliphatic heterocycles. The summed E-state index contributed by atoms with van der Waals surface area (Å²) in [5, 5.41) is 0. The summed E-state index contributed by atoms with van der Waals surface area (Å²) in [5.41, 5.74) is 0. The van der Waals surface area contributed by atoms with Crippen molar-refractivity contribution in [1.29, 1.82) is 0 Å². The van der Waals surface area contributed by atoms with Gasteiger partial charge in [-0.05, 0) is 96.3 Å². The third kappa shape index (κ3) is 53.2. The molecular weight excluding hydrogens is 829 g/mol. The summed E-state index contributed by atoms with van der Waals surface area (Å²) >= 11 is 0. The second kappa shape index (κ2) is 54.9. The van der Waals surface area contributed by atoms with Crippen molar-refractivity contribution in [2.24, 2.45) is 0 Å². The number of hydrogen-bond donors (Lipinski definition) is 0. The second-order valence-corrected chi connectivity index (χ2v) is 18.1. The molecule has 0 aromatic heterocycles. The van der Waals surface area contributed by atoms with Crippen molar-refractivity contribution in [1.82, 2.24) is 0 Å². The van der Waals surface area contributed by atoms with Gasteiger partial charge in [-0.1, -0.05) is 234 Å². The van der Waals surface area contributed by atoms with Gasteiger partial charge in [0.1, 0.15) is 13.2 Å². The third-order valence-corrected chi connectivity index (χ3v) is 11.6. The smallest absolute Gasteiger partial charge is 0.306 e. The van der Waals surface area contributed by atoms with Crippen LogP contribution >= 0.6 is 0 Å². The molecule has 0 saturated carbocycles. The predicted molar refractivity (Wildman–Crippen MR) is 288 cm³/mol. The predicted octanol–water partition coefficient (Wildman–Crippen LogP) is 18.5. The molecule has 0 rings (SSSR count). The highest BCUT2D eigenvalue weighted by Crippen LogP contribution is 2.14. The molecule has 6 nitrogen and oxygen atoms in total. The molecule has 382 valence electrons. The van der Waals surface area contributed by atoms with E-state index in [1.54, 1.807) is 0 Å². The fraction of sp³-hybridized carbons (Fsp3) is 0.689. The molecule has 1 unspecified atom stereocenters. The minimum atomic E-state index is -0.786. The fourth-order valence-corrected chi connectivity index (χ4v) is 7.40. The lowest BCUT2D eigenvalue weighted by atomic mass is 10.1. The Balaban J connectivity index is 4.23. The Morgan fingerprint density at radius 1 is 0.313 bits per heavy atom. The van der Waals surface area contributed by atoms with Crippen molar-refractivity contribution in [3.63, 3.8) is 0 Å². The summed E-state index contributed by atoms with van der Waals surface area (Å²) in [7, 11) is 0. The molecule has 0 aliphatic rings. The molecule has 0 aliphatic carbocycles. The number of esters is 3. The van der Waals surface area contributed by atoms with E-state index in [1.165, 1.54) is 83.5 Å². The first kappa shape index (κ1) is 63.3. The van der Waals surface area contributed by atoms with E-state index in [1.807, 2.05) is 0 Å². The number of unbranched alkanes of at least 4 members (excludes halogenated alkanes) is 22. The van der Waals surface area contributed by atoms with E-state index in [-0.39, 0.29) is 31.1 Å². The van der Waals surface area contributed by atoms with Crippen molar-refractivity contribution in [2.45, 2.75) is 258 Å². The van der Waals surface area contributed by atoms with Crippen molar-refractivity contribution in [3.8, 4) is 0 Å². The molecule has 0 aromatic carbocycles. The molecular formula is C61H102O6. The van der Waals surface area contributed by atoms with Gasteiger partial charge in [-0.25, -0.2) is 0 Å². The molecule has 1 atom stereocenters.